The van der Waals surface area contributed by atoms with E-state index in [1.807, 2.05) is 0 Å². The molecule has 1 heterocycles. The molecule has 0 aromatic rings. The van der Waals surface area contributed by atoms with E-state index in [2.05, 4.69) is 20.8 Å². The largest absolute Gasteiger partial charge is 0.303 e. The summed E-state index contributed by atoms with van der Waals surface area (Å²) in [6.07, 6.45) is 11.6. The van der Waals surface area contributed by atoms with Gasteiger partial charge in [0.05, 0.1) is 0 Å². The van der Waals surface area contributed by atoms with Crippen LogP contribution >= 0.6 is 15.9 Å². The first-order chi connectivity index (χ1) is 7.35. The van der Waals surface area contributed by atoms with Crippen LogP contribution in [0.2, 0.25) is 0 Å². The molecular formula is C13H24BrN. The summed E-state index contributed by atoms with van der Waals surface area (Å²) in [5.41, 5.74) is 0.652. The Morgan fingerprint density at radius 3 is 1.93 bits per heavy atom. The predicted molar refractivity (Wildman–Crippen MR) is 69.6 cm³/mol. The zero-order valence-corrected chi connectivity index (χ0v) is 11.4. The number of hydrogen-bond donors (Lipinski definition) is 0. The fraction of sp³-hybridized carbons (Fsp3) is 1.00. The van der Waals surface area contributed by atoms with Gasteiger partial charge in [0, 0.05) is 11.9 Å². The van der Waals surface area contributed by atoms with E-state index in [4.69, 9.17) is 0 Å². The van der Waals surface area contributed by atoms with E-state index in [1.165, 1.54) is 76.3 Å². The van der Waals surface area contributed by atoms with Crippen LogP contribution in [0, 0.1) is 5.41 Å². The smallest absolute Gasteiger partial charge is 0.0100 e. The zero-order chi connectivity index (χ0) is 10.6. The summed E-state index contributed by atoms with van der Waals surface area (Å²) in [4.78, 5) is 2.74. The molecule has 0 amide bonds. The van der Waals surface area contributed by atoms with Gasteiger partial charge in [-0.3, -0.25) is 0 Å². The van der Waals surface area contributed by atoms with Gasteiger partial charge in [-0.1, -0.05) is 41.6 Å². The second-order valence-electron chi connectivity index (χ2n) is 5.53. The van der Waals surface area contributed by atoms with Crippen LogP contribution < -0.4 is 0 Å². The van der Waals surface area contributed by atoms with E-state index in [9.17, 15) is 0 Å². The number of hydrogen-bond acceptors (Lipinski definition) is 1. The summed E-state index contributed by atoms with van der Waals surface area (Å²) in [6.45, 7) is 4.07. The molecule has 0 spiro atoms. The molecule has 15 heavy (non-hydrogen) atoms. The fourth-order valence-electron chi connectivity index (χ4n) is 2.96. The molecule has 1 aliphatic carbocycles. The van der Waals surface area contributed by atoms with Crippen LogP contribution in [0.4, 0.5) is 0 Å². The first-order valence-electron chi connectivity index (χ1n) is 6.63. The van der Waals surface area contributed by atoms with Crippen LogP contribution in [-0.2, 0) is 0 Å². The molecule has 2 aliphatic rings. The van der Waals surface area contributed by atoms with Gasteiger partial charge >= 0.3 is 0 Å². The Hall–Kier alpha value is 0.440. The maximum Gasteiger partial charge on any atom is 0.0100 e. The van der Waals surface area contributed by atoms with Gasteiger partial charge in [-0.15, -0.1) is 0 Å². The molecule has 1 saturated carbocycles. The van der Waals surface area contributed by atoms with Crippen molar-refractivity contribution in [1.82, 2.24) is 4.90 Å². The minimum atomic E-state index is 0.652. The summed E-state index contributed by atoms with van der Waals surface area (Å²) < 4.78 is 0. The molecule has 1 aliphatic heterocycles. The normalized spacial score (nSPS) is 27.8. The minimum absolute atomic E-state index is 0.652. The van der Waals surface area contributed by atoms with Crippen LogP contribution in [0.3, 0.4) is 0 Å². The molecule has 0 bridgehead atoms. The van der Waals surface area contributed by atoms with Crippen molar-refractivity contribution < 1.29 is 0 Å². The Bertz CT molecular complexity index is 175. The van der Waals surface area contributed by atoms with E-state index in [0.717, 1.165) is 0 Å². The maximum absolute atomic E-state index is 3.72. The number of rotatable bonds is 3. The molecule has 0 aromatic heterocycles. The lowest BCUT2D eigenvalue weighted by atomic mass is 9.70. The topological polar surface area (TPSA) is 3.24 Å². The van der Waals surface area contributed by atoms with Gasteiger partial charge in [-0.25, -0.2) is 0 Å². The highest BCUT2D eigenvalue weighted by Crippen LogP contribution is 2.43. The van der Waals surface area contributed by atoms with Crippen molar-refractivity contribution in [3.63, 3.8) is 0 Å². The number of nitrogens with zero attached hydrogens (tertiary/aromatic N) is 1. The first-order valence-corrected chi connectivity index (χ1v) is 7.75. The standard InChI is InChI=1S/C13H24BrN/c14-11-13(7-6-8-13)12-15-9-4-2-1-3-5-10-15/h1-12H2. The summed E-state index contributed by atoms with van der Waals surface area (Å²) in [7, 11) is 0. The lowest BCUT2D eigenvalue weighted by Gasteiger charge is -2.44. The van der Waals surface area contributed by atoms with Crippen LogP contribution in [0.25, 0.3) is 0 Å². The summed E-state index contributed by atoms with van der Waals surface area (Å²) in [6, 6.07) is 0. The lowest BCUT2D eigenvalue weighted by Crippen LogP contribution is -2.44. The van der Waals surface area contributed by atoms with Gasteiger partial charge in [-0.05, 0) is 44.2 Å². The van der Waals surface area contributed by atoms with Crippen molar-refractivity contribution in [1.29, 1.82) is 0 Å². The maximum atomic E-state index is 3.72. The number of likely N-dealkylation sites (tertiary alicyclic amines) is 1. The molecule has 1 saturated heterocycles. The van der Waals surface area contributed by atoms with E-state index < -0.39 is 0 Å². The second kappa shape index (κ2) is 5.67. The Balaban J connectivity index is 1.80. The van der Waals surface area contributed by atoms with E-state index in [1.54, 1.807) is 0 Å². The highest BCUT2D eigenvalue weighted by Gasteiger charge is 2.37. The molecule has 1 nitrogen and oxygen atoms in total. The van der Waals surface area contributed by atoms with Gasteiger partial charge in [-0.2, -0.15) is 0 Å². The molecule has 0 unspecified atom stereocenters. The Labute approximate surface area is 103 Å². The summed E-state index contributed by atoms with van der Waals surface area (Å²) >= 11 is 3.72. The average molecular weight is 274 g/mol. The van der Waals surface area contributed by atoms with E-state index in [-0.39, 0.29) is 0 Å². The van der Waals surface area contributed by atoms with Crippen molar-refractivity contribution in [3.05, 3.63) is 0 Å². The third kappa shape index (κ3) is 3.20. The molecule has 2 fully saturated rings. The van der Waals surface area contributed by atoms with Gasteiger partial charge in [0.2, 0.25) is 0 Å². The number of halogens is 1. The predicted octanol–water partition coefficient (Wildman–Crippen LogP) is 3.82. The minimum Gasteiger partial charge on any atom is -0.303 e. The quantitative estimate of drug-likeness (QED) is 0.707. The van der Waals surface area contributed by atoms with Gasteiger partial charge in [0.25, 0.3) is 0 Å². The number of alkyl halides is 1. The highest BCUT2D eigenvalue weighted by molar-refractivity contribution is 9.09. The molecule has 0 N–H and O–H groups in total. The van der Waals surface area contributed by atoms with E-state index in [0.29, 0.717) is 5.41 Å². The van der Waals surface area contributed by atoms with Crippen molar-refractivity contribution in [2.45, 2.75) is 51.4 Å². The Morgan fingerprint density at radius 1 is 0.867 bits per heavy atom. The molecule has 2 heteroatoms. The fourth-order valence-corrected chi connectivity index (χ4v) is 3.69. The molecular weight excluding hydrogens is 250 g/mol. The van der Waals surface area contributed by atoms with Crippen LogP contribution in [-0.4, -0.2) is 29.9 Å². The van der Waals surface area contributed by atoms with Crippen molar-refractivity contribution >= 4 is 15.9 Å². The van der Waals surface area contributed by atoms with Gasteiger partial charge in [0.1, 0.15) is 0 Å². The van der Waals surface area contributed by atoms with Crippen molar-refractivity contribution in [2.24, 2.45) is 5.41 Å². The lowest BCUT2D eigenvalue weighted by molar-refractivity contribution is 0.0860. The SMILES string of the molecule is BrCC1(CN2CCCCCCC2)CCC1. The van der Waals surface area contributed by atoms with Gasteiger partial charge in [0.15, 0.2) is 0 Å². The molecule has 0 radical (unpaired) electrons. The zero-order valence-electron chi connectivity index (χ0n) is 9.81. The first kappa shape index (κ1) is 11.9. The summed E-state index contributed by atoms with van der Waals surface area (Å²) in [5, 5.41) is 1.22. The summed E-state index contributed by atoms with van der Waals surface area (Å²) in [5.74, 6) is 0. The van der Waals surface area contributed by atoms with Crippen molar-refractivity contribution in [2.75, 3.05) is 25.0 Å². The molecule has 0 aromatic carbocycles. The van der Waals surface area contributed by atoms with Crippen LogP contribution in [0.5, 0.6) is 0 Å². The van der Waals surface area contributed by atoms with Crippen LogP contribution in [0.15, 0.2) is 0 Å². The third-order valence-corrected chi connectivity index (χ3v) is 5.39. The average Bonchev–Trinajstić information content (AvgIpc) is 2.14. The van der Waals surface area contributed by atoms with E-state index >= 15 is 0 Å². The van der Waals surface area contributed by atoms with Gasteiger partial charge < -0.3 is 4.90 Å². The highest BCUT2D eigenvalue weighted by atomic mass is 79.9. The Morgan fingerprint density at radius 2 is 1.47 bits per heavy atom. The molecule has 2 rings (SSSR count). The second-order valence-corrected chi connectivity index (χ2v) is 6.09. The van der Waals surface area contributed by atoms with Crippen molar-refractivity contribution in [3.8, 4) is 0 Å². The third-order valence-electron chi connectivity index (χ3n) is 4.21. The molecule has 88 valence electrons. The molecule has 0 atom stereocenters. The van der Waals surface area contributed by atoms with Crippen LogP contribution in [0.1, 0.15) is 51.4 Å². The monoisotopic (exact) mass is 273 g/mol. The Kier molecular flexibility index (Phi) is 4.51.